The maximum absolute atomic E-state index is 12.3. The van der Waals surface area contributed by atoms with Gasteiger partial charge in [0.05, 0.1) is 35.9 Å². The minimum atomic E-state index is -0.850. The Labute approximate surface area is 150 Å². The van der Waals surface area contributed by atoms with Gasteiger partial charge >= 0.3 is 6.03 Å². The first-order chi connectivity index (χ1) is 12.5. The Balaban J connectivity index is 1.81. The zero-order valence-corrected chi connectivity index (χ0v) is 14.8. The van der Waals surface area contributed by atoms with Gasteiger partial charge in [0, 0.05) is 6.07 Å². The molecule has 2 atom stereocenters. The molecule has 0 aliphatic rings. The van der Waals surface area contributed by atoms with Crippen LogP contribution >= 0.6 is 0 Å². The molecule has 2 aromatic heterocycles. The molecule has 0 saturated carbocycles. The van der Waals surface area contributed by atoms with Gasteiger partial charge in [0.2, 0.25) is 5.88 Å². The van der Waals surface area contributed by atoms with E-state index in [1.165, 1.54) is 7.11 Å². The summed E-state index contributed by atoms with van der Waals surface area (Å²) in [7, 11) is 1.49. The fourth-order valence-electron chi connectivity index (χ4n) is 2.73. The maximum atomic E-state index is 12.3. The number of H-pyrrole nitrogens is 1. The van der Waals surface area contributed by atoms with E-state index in [-0.39, 0.29) is 6.04 Å². The van der Waals surface area contributed by atoms with Gasteiger partial charge in [0.1, 0.15) is 5.82 Å². The number of hydrogen-bond donors (Lipinski definition) is 4. The second-order valence-corrected chi connectivity index (χ2v) is 5.95. The van der Waals surface area contributed by atoms with Crippen LogP contribution in [0.4, 0.5) is 10.6 Å². The zero-order chi connectivity index (χ0) is 18.7. The van der Waals surface area contributed by atoms with Gasteiger partial charge in [0.15, 0.2) is 0 Å². The number of urea groups is 1. The summed E-state index contributed by atoms with van der Waals surface area (Å²) in [5.74, 6) is 0.648. The lowest BCUT2D eigenvalue weighted by atomic mass is 10.1. The molecule has 1 aromatic carbocycles. The van der Waals surface area contributed by atoms with Crippen LogP contribution < -0.4 is 15.4 Å². The Hall–Kier alpha value is -3.13. The molecular weight excluding hydrogens is 334 g/mol. The smallest absolute Gasteiger partial charge is 0.320 e. The van der Waals surface area contributed by atoms with Crippen LogP contribution in [0, 0.1) is 0 Å². The van der Waals surface area contributed by atoms with Gasteiger partial charge in [-0.15, -0.1) is 5.10 Å². The number of ether oxygens (including phenoxy) is 1. The van der Waals surface area contributed by atoms with Gasteiger partial charge in [-0.2, -0.15) is 0 Å². The van der Waals surface area contributed by atoms with Gasteiger partial charge < -0.3 is 15.2 Å². The molecule has 0 aliphatic carbocycles. The van der Waals surface area contributed by atoms with Crippen molar-refractivity contribution in [2.75, 3.05) is 12.4 Å². The molecule has 3 rings (SSSR count). The average Bonchev–Trinajstić information content (AvgIpc) is 3.04. The van der Waals surface area contributed by atoms with Crippen molar-refractivity contribution in [3.05, 3.63) is 47.7 Å². The van der Waals surface area contributed by atoms with E-state index >= 15 is 0 Å². The van der Waals surface area contributed by atoms with E-state index in [4.69, 9.17) is 4.74 Å². The number of aliphatic hydroxyl groups excluding tert-OH is 1. The van der Waals surface area contributed by atoms with E-state index in [0.717, 1.165) is 5.56 Å². The molecule has 3 aromatic rings. The van der Waals surface area contributed by atoms with E-state index in [1.54, 1.807) is 13.0 Å². The molecule has 8 heteroatoms. The van der Waals surface area contributed by atoms with Crippen LogP contribution in [-0.4, -0.2) is 33.4 Å². The number of nitrogens with zero attached hydrogens (tertiary/aromatic N) is 2. The predicted molar refractivity (Wildman–Crippen MR) is 98.1 cm³/mol. The van der Waals surface area contributed by atoms with Crippen molar-refractivity contribution in [1.82, 2.24) is 20.5 Å². The Morgan fingerprint density at radius 2 is 2.00 bits per heavy atom. The number of pyridine rings is 1. The molecule has 26 heavy (non-hydrogen) atoms. The summed E-state index contributed by atoms with van der Waals surface area (Å²) >= 11 is 0. The Kier molecular flexibility index (Phi) is 5.04. The van der Waals surface area contributed by atoms with Crippen molar-refractivity contribution in [1.29, 1.82) is 0 Å². The topological polar surface area (TPSA) is 112 Å². The monoisotopic (exact) mass is 355 g/mol. The molecule has 8 nitrogen and oxygen atoms in total. The van der Waals surface area contributed by atoms with E-state index in [2.05, 4.69) is 25.8 Å². The number of fused-ring (bicyclic) bond motifs is 1. The van der Waals surface area contributed by atoms with Gasteiger partial charge in [-0.25, -0.2) is 9.78 Å². The van der Waals surface area contributed by atoms with Gasteiger partial charge in [-0.3, -0.25) is 10.4 Å². The largest absolute Gasteiger partial charge is 0.479 e. The minimum absolute atomic E-state index is 0.164. The number of aromatic nitrogens is 3. The molecule has 0 bridgehead atoms. The van der Waals surface area contributed by atoms with Crippen molar-refractivity contribution in [2.24, 2.45) is 0 Å². The molecule has 0 aliphatic heterocycles. The van der Waals surface area contributed by atoms with Gasteiger partial charge in [-0.1, -0.05) is 30.3 Å². The van der Waals surface area contributed by atoms with Crippen molar-refractivity contribution < 1.29 is 14.6 Å². The number of anilines is 1. The summed E-state index contributed by atoms with van der Waals surface area (Å²) < 4.78 is 5.19. The van der Waals surface area contributed by atoms with Gasteiger partial charge in [0.25, 0.3) is 0 Å². The standard InChI is InChI=1S/C18H21N5O3/c1-10(12-7-5-4-6-8-12)19-18(25)21-14-9-13-15(16(20-14)11(2)24)17(26-3)23-22-13/h4-11,24H,1-3H3,(H,22,23)(H2,19,20,21,25)/t10-,11-/m1/s1. The first-order valence-electron chi connectivity index (χ1n) is 8.23. The van der Waals surface area contributed by atoms with E-state index < -0.39 is 12.1 Å². The number of benzene rings is 1. The number of nitrogens with one attached hydrogen (secondary N) is 3. The predicted octanol–water partition coefficient (Wildman–Crippen LogP) is 2.90. The molecule has 4 N–H and O–H groups in total. The first-order valence-corrected chi connectivity index (χ1v) is 8.23. The van der Waals surface area contributed by atoms with Crippen LogP contribution in [0.25, 0.3) is 10.9 Å². The number of aromatic amines is 1. The SMILES string of the molecule is COc1n[nH]c2cc(NC(=O)N[C@H](C)c3ccccc3)nc([C@@H](C)O)c12. The summed E-state index contributed by atoms with van der Waals surface area (Å²) in [5.41, 5.74) is 1.98. The highest BCUT2D eigenvalue weighted by Gasteiger charge is 2.19. The molecular formula is C18H21N5O3. The molecule has 2 amide bonds. The van der Waals surface area contributed by atoms with Gasteiger partial charge in [-0.05, 0) is 19.4 Å². The average molecular weight is 355 g/mol. The van der Waals surface area contributed by atoms with Crippen LogP contribution in [0.2, 0.25) is 0 Å². The van der Waals surface area contributed by atoms with Crippen molar-refractivity contribution in [3.63, 3.8) is 0 Å². The van der Waals surface area contributed by atoms with Crippen LogP contribution in [0.1, 0.15) is 37.3 Å². The number of aliphatic hydroxyl groups is 1. The van der Waals surface area contributed by atoms with E-state index in [1.807, 2.05) is 37.3 Å². The van der Waals surface area contributed by atoms with E-state index in [9.17, 15) is 9.90 Å². The minimum Gasteiger partial charge on any atom is -0.479 e. The highest BCUT2D eigenvalue weighted by molar-refractivity contribution is 5.93. The summed E-state index contributed by atoms with van der Waals surface area (Å²) in [6, 6.07) is 10.7. The number of hydrogen-bond acceptors (Lipinski definition) is 5. The number of methoxy groups -OCH3 is 1. The maximum Gasteiger partial charge on any atom is 0.320 e. The molecule has 0 spiro atoms. The number of carbonyl (C=O) groups excluding carboxylic acids is 1. The lowest BCUT2D eigenvalue weighted by Crippen LogP contribution is -2.31. The first kappa shape index (κ1) is 17.7. The second-order valence-electron chi connectivity index (χ2n) is 5.95. The molecule has 0 unspecified atom stereocenters. The van der Waals surface area contributed by atoms with Crippen molar-refractivity contribution in [3.8, 4) is 5.88 Å². The molecule has 0 radical (unpaired) electrons. The molecule has 136 valence electrons. The number of carbonyl (C=O) groups is 1. The van der Waals surface area contributed by atoms with Crippen LogP contribution in [-0.2, 0) is 0 Å². The zero-order valence-electron chi connectivity index (χ0n) is 14.8. The summed E-state index contributed by atoms with van der Waals surface area (Å²) in [4.78, 5) is 16.6. The fraction of sp³-hybridized carbons (Fsp3) is 0.278. The summed E-state index contributed by atoms with van der Waals surface area (Å²) in [6.07, 6.45) is -0.850. The molecule has 0 fully saturated rings. The Bertz CT molecular complexity index is 908. The fourth-order valence-corrected chi connectivity index (χ4v) is 2.73. The number of amides is 2. The highest BCUT2D eigenvalue weighted by Crippen LogP contribution is 2.30. The third kappa shape index (κ3) is 3.60. The Morgan fingerprint density at radius 1 is 1.27 bits per heavy atom. The van der Waals surface area contributed by atoms with Crippen LogP contribution in [0.3, 0.4) is 0 Å². The van der Waals surface area contributed by atoms with Crippen molar-refractivity contribution >= 4 is 22.8 Å². The number of rotatable bonds is 5. The van der Waals surface area contributed by atoms with Crippen LogP contribution in [0.5, 0.6) is 5.88 Å². The molecule has 0 saturated heterocycles. The van der Waals surface area contributed by atoms with Crippen molar-refractivity contribution in [2.45, 2.75) is 26.0 Å². The lowest BCUT2D eigenvalue weighted by molar-refractivity contribution is 0.196. The summed E-state index contributed by atoms with van der Waals surface area (Å²) in [5, 5.41) is 23.0. The van der Waals surface area contributed by atoms with E-state index in [0.29, 0.717) is 28.3 Å². The highest BCUT2D eigenvalue weighted by atomic mass is 16.5. The quantitative estimate of drug-likeness (QED) is 0.562. The Morgan fingerprint density at radius 3 is 2.65 bits per heavy atom. The summed E-state index contributed by atoms with van der Waals surface area (Å²) in [6.45, 7) is 3.49. The normalized spacial score (nSPS) is 13.2. The third-order valence-electron chi connectivity index (χ3n) is 4.02. The lowest BCUT2D eigenvalue weighted by Gasteiger charge is -2.15. The molecule has 2 heterocycles. The van der Waals surface area contributed by atoms with Crippen LogP contribution in [0.15, 0.2) is 36.4 Å². The third-order valence-corrected chi connectivity index (χ3v) is 4.02. The second kappa shape index (κ2) is 7.40.